The topological polar surface area (TPSA) is 96.0 Å². The number of hydrogen-bond donors (Lipinski definition) is 1. The van der Waals surface area contributed by atoms with E-state index in [1.807, 2.05) is 6.92 Å². The van der Waals surface area contributed by atoms with Crippen LogP contribution in [0.4, 0.5) is 5.69 Å². The van der Waals surface area contributed by atoms with Crippen LogP contribution in [0.5, 0.6) is 5.75 Å². The Bertz CT molecular complexity index is 1440. The molecule has 0 saturated heterocycles. The van der Waals surface area contributed by atoms with Crippen LogP contribution in [0.3, 0.4) is 0 Å². The van der Waals surface area contributed by atoms with Gasteiger partial charge in [-0.2, -0.15) is 0 Å². The molecule has 8 nitrogen and oxygen atoms in total. The number of carbonyl (C=O) groups is 2. The van der Waals surface area contributed by atoms with E-state index in [1.165, 1.54) is 24.1 Å². The van der Waals surface area contributed by atoms with E-state index in [0.29, 0.717) is 34.3 Å². The molecule has 0 aliphatic carbocycles. The van der Waals surface area contributed by atoms with Gasteiger partial charge < -0.3 is 15.0 Å². The molecule has 1 atom stereocenters. The third kappa shape index (κ3) is 8.38. The van der Waals surface area contributed by atoms with Gasteiger partial charge in [-0.1, -0.05) is 73.8 Å². The highest BCUT2D eigenvalue weighted by atomic mass is 35.5. The Kier molecular flexibility index (Phi) is 11.9. The van der Waals surface area contributed by atoms with Crippen LogP contribution in [-0.2, 0) is 26.2 Å². The second-order valence-electron chi connectivity index (χ2n) is 9.35. The van der Waals surface area contributed by atoms with Gasteiger partial charge in [0.1, 0.15) is 18.3 Å². The maximum Gasteiger partial charge on any atom is 0.264 e. The van der Waals surface area contributed by atoms with Crippen LogP contribution in [0.15, 0.2) is 77.7 Å². The molecule has 11 heteroatoms. The highest BCUT2D eigenvalue weighted by molar-refractivity contribution is 7.92. The highest BCUT2D eigenvalue weighted by Crippen LogP contribution is 2.28. The van der Waals surface area contributed by atoms with E-state index in [4.69, 9.17) is 27.9 Å². The number of hydrogen-bond acceptors (Lipinski definition) is 5. The van der Waals surface area contributed by atoms with Crippen LogP contribution in [-0.4, -0.2) is 51.4 Å². The minimum atomic E-state index is -4.18. The summed E-state index contributed by atoms with van der Waals surface area (Å²) >= 11 is 12.5. The molecular formula is C30H35Cl2N3O5S. The molecule has 0 fully saturated rings. The molecule has 0 unspecified atom stereocenters. The average Bonchev–Trinajstić information content (AvgIpc) is 2.97. The highest BCUT2D eigenvalue weighted by Gasteiger charge is 2.34. The summed E-state index contributed by atoms with van der Waals surface area (Å²) in [5.74, 6) is -0.469. The number of methoxy groups -OCH3 is 1. The third-order valence-corrected chi connectivity index (χ3v) is 8.90. The van der Waals surface area contributed by atoms with Gasteiger partial charge >= 0.3 is 0 Å². The summed E-state index contributed by atoms with van der Waals surface area (Å²) in [5, 5.41) is 3.66. The number of benzene rings is 3. The number of carbonyl (C=O) groups excluding carboxylic acids is 2. The normalized spacial score (nSPS) is 11.9. The summed E-state index contributed by atoms with van der Waals surface area (Å²) in [7, 11) is -2.71. The molecule has 0 radical (unpaired) electrons. The molecule has 41 heavy (non-hydrogen) atoms. The van der Waals surface area contributed by atoms with Gasteiger partial charge in [0, 0.05) is 29.2 Å². The second-order valence-corrected chi connectivity index (χ2v) is 12.1. The third-order valence-electron chi connectivity index (χ3n) is 6.52. The lowest BCUT2D eigenvalue weighted by Crippen LogP contribution is -2.52. The maximum atomic E-state index is 14.1. The molecule has 2 amide bonds. The molecule has 0 aliphatic rings. The van der Waals surface area contributed by atoms with Crippen molar-refractivity contribution in [2.24, 2.45) is 0 Å². The first-order chi connectivity index (χ1) is 19.6. The van der Waals surface area contributed by atoms with Crippen molar-refractivity contribution >= 4 is 50.7 Å². The Morgan fingerprint density at radius 1 is 0.976 bits per heavy atom. The van der Waals surface area contributed by atoms with Crippen molar-refractivity contribution in [3.05, 3.63) is 88.4 Å². The van der Waals surface area contributed by atoms with Crippen LogP contribution in [0, 0.1) is 0 Å². The Morgan fingerprint density at radius 3 is 2.34 bits per heavy atom. The molecule has 3 aromatic rings. The number of rotatable bonds is 14. The number of ether oxygens (including phenoxy) is 1. The van der Waals surface area contributed by atoms with E-state index in [1.54, 1.807) is 67.6 Å². The van der Waals surface area contributed by atoms with Gasteiger partial charge in [-0.15, -0.1) is 0 Å². The van der Waals surface area contributed by atoms with E-state index in [0.717, 1.165) is 17.1 Å². The van der Waals surface area contributed by atoms with Gasteiger partial charge in [-0.3, -0.25) is 13.9 Å². The maximum absolute atomic E-state index is 14.1. The van der Waals surface area contributed by atoms with Crippen molar-refractivity contribution in [1.82, 2.24) is 10.2 Å². The molecule has 0 spiro atoms. The SMILES string of the molecule is CCCCNC(=O)[C@H](CC)N(Cc1ccc(Cl)cc1Cl)C(=O)CN(c1cccc(OC)c1)S(=O)(=O)c1ccccc1. The monoisotopic (exact) mass is 619 g/mol. The fourth-order valence-electron chi connectivity index (χ4n) is 4.27. The molecule has 220 valence electrons. The van der Waals surface area contributed by atoms with E-state index in [-0.39, 0.29) is 23.0 Å². The van der Waals surface area contributed by atoms with Crippen molar-refractivity contribution in [3.8, 4) is 5.75 Å². The predicted molar refractivity (Wildman–Crippen MR) is 163 cm³/mol. The Morgan fingerprint density at radius 2 is 1.71 bits per heavy atom. The van der Waals surface area contributed by atoms with Gasteiger partial charge in [0.2, 0.25) is 11.8 Å². The summed E-state index contributed by atoms with van der Waals surface area (Å²) in [6.45, 7) is 3.70. The summed E-state index contributed by atoms with van der Waals surface area (Å²) in [6, 6.07) is 18.4. The number of halogens is 2. The molecule has 1 N–H and O–H groups in total. The lowest BCUT2D eigenvalue weighted by molar-refractivity contribution is -0.140. The second kappa shape index (κ2) is 15.1. The summed E-state index contributed by atoms with van der Waals surface area (Å²) < 4.78 is 34.1. The molecule has 3 rings (SSSR count). The zero-order chi connectivity index (χ0) is 30.0. The van der Waals surface area contributed by atoms with Crippen molar-refractivity contribution in [1.29, 1.82) is 0 Å². The lowest BCUT2D eigenvalue weighted by atomic mass is 10.1. The minimum Gasteiger partial charge on any atom is -0.497 e. The lowest BCUT2D eigenvalue weighted by Gasteiger charge is -2.33. The number of nitrogens with zero attached hydrogens (tertiary/aromatic N) is 2. The van der Waals surface area contributed by atoms with Gasteiger partial charge in [-0.25, -0.2) is 8.42 Å². The Labute approximate surface area is 252 Å². The van der Waals surface area contributed by atoms with Crippen molar-refractivity contribution < 1.29 is 22.7 Å². The first-order valence-electron chi connectivity index (χ1n) is 13.3. The number of amides is 2. The standard InChI is InChI=1S/C30H35Cl2N3O5S/c1-4-6-17-33-30(37)28(5-2)34(20-22-15-16-23(31)18-27(22)32)29(36)21-35(24-11-10-12-25(19-24)40-3)41(38,39)26-13-8-7-9-14-26/h7-16,18-19,28H,4-6,17,20-21H2,1-3H3,(H,33,37)/t28-/m0/s1. The summed E-state index contributed by atoms with van der Waals surface area (Å²) in [6.07, 6.45) is 1.99. The van der Waals surface area contributed by atoms with Crippen LogP contribution in [0.1, 0.15) is 38.7 Å². The quantitative estimate of drug-likeness (QED) is 0.226. The van der Waals surface area contributed by atoms with Crippen LogP contribution in [0.2, 0.25) is 10.0 Å². The molecule has 0 heterocycles. The van der Waals surface area contributed by atoms with Gasteiger partial charge in [0.05, 0.1) is 17.7 Å². The molecule has 0 aliphatic heterocycles. The van der Waals surface area contributed by atoms with Crippen LogP contribution >= 0.6 is 23.2 Å². The van der Waals surface area contributed by atoms with Gasteiger partial charge in [0.15, 0.2) is 0 Å². The molecule has 0 saturated carbocycles. The number of anilines is 1. The summed E-state index contributed by atoms with van der Waals surface area (Å²) in [4.78, 5) is 28.8. The molecule has 3 aromatic carbocycles. The number of sulfonamides is 1. The van der Waals surface area contributed by atoms with Crippen molar-refractivity contribution in [2.45, 2.75) is 50.6 Å². The molecular weight excluding hydrogens is 585 g/mol. The first-order valence-corrected chi connectivity index (χ1v) is 15.5. The van der Waals surface area contributed by atoms with Gasteiger partial charge in [0.25, 0.3) is 10.0 Å². The smallest absolute Gasteiger partial charge is 0.264 e. The number of nitrogens with one attached hydrogen (secondary N) is 1. The fourth-order valence-corrected chi connectivity index (χ4v) is 6.17. The Hall–Kier alpha value is -3.27. The molecule has 0 aromatic heterocycles. The number of unbranched alkanes of at least 4 members (excludes halogenated alkanes) is 1. The zero-order valence-electron chi connectivity index (χ0n) is 23.3. The van der Waals surface area contributed by atoms with Crippen molar-refractivity contribution in [3.63, 3.8) is 0 Å². The molecule has 0 bridgehead atoms. The largest absolute Gasteiger partial charge is 0.497 e. The van der Waals surface area contributed by atoms with E-state index in [9.17, 15) is 18.0 Å². The van der Waals surface area contributed by atoms with E-state index >= 15 is 0 Å². The summed E-state index contributed by atoms with van der Waals surface area (Å²) in [5.41, 5.74) is 0.814. The predicted octanol–water partition coefficient (Wildman–Crippen LogP) is 5.92. The van der Waals surface area contributed by atoms with Crippen molar-refractivity contribution in [2.75, 3.05) is 24.5 Å². The average molecular weight is 621 g/mol. The van der Waals surface area contributed by atoms with Gasteiger partial charge in [-0.05, 0) is 54.8 Å². The van der Waals surface area contributed by atoms with E-state index < -0.39 is 28.5 Å². The van der Waals surface area contributed by atoms with Crippen LogP contribution in [0.25, 0.3) is 0 Å². The van der Waals surface area contributed by atoms with Crippen LogP contribution < -0.4 is 14.4 Å². The minimum absolute atomic E-state index is 0.0206. The fraction of sp³-hybridized carbons (Fsp3) is 0.333. The van der Waals surface area contributed by atoms with E-state index in [2.05, 4.69) is 5.32 Å². The first kappa shape index (κ1) is 32.2. The Balaban J connectivity index is 2.06. The zero-order valence-corrected chi connectivity index (χ0v) is 25.7.